The standard InChI is InChI=1S/C15H15ClN2O2/c1-15(2)7-11(6-12(20)8-15)18-13-4-3-10(16)5-14(13)17-9-19/h3-6,18H,7-8H2,1-2H3. The first-order valence-electron chi connectivity index (χ1n) is 6.27. The minimum absolute atomic E-state index is 0.0747. The predicted molar refractivity (Wildman–Crippen MR) is 79.0 cm³/mol. The normalized spacial score (nSPS) is 17.1. The van der Waals surface area contributed by atoms with E-state index in [1.165, 1.54) is 6.08 Å². The van der Waals surface area contributed by atoms with Crippen LogP contribution in [0.5, 0.6) is 0 Å². The topological polar surface area (TPSA) is 58.5 Å². The Labute approximate surface area is 122 Å². The maximum Gasteiger partial charge on any atom is 0.240 e. The van der Waals surface area contributed by atoms with E-state index >= 15 is 0 Å². The van der Waals surface area contributed by atoms with Gasteiger partial charge in [-0.05, 0) is 30.0 Å². The fourth-order valence-corrected chi connectivity index (χ4v) is 2.52. The zero-order chi connectivity index (χ0) is 14.8. The van der Waals surface area contributed by atoms with E-state index < -0.39 is 0 Å². The second-order valence-electron chi connectivity index (χ2n) is 5.64. The highest BCUT2D eigenvalue weighted by Gasteiger charge is 2.27. The zero-order valence-corrected chi connectivity index (χ0v) is 12.1. The maximum atomic E-state index is 11.7. The van der Waals surface area contributed by atoms with Gasteiger partial charge in [-0.3, -0.25) is 4.79 Å². The van der Waals surface area contributed by atoms with E-state index in [1.807, 2.05) is 13.8 Å². The van der Waals surface area contributed by atoms with Crippen molar-refractivity contribution in [3.63, 3.8) is 0 Å². The second-order valence-corrected chi connectivity index (χ2v) is 6.08. The number of isocyanates is 1. The van der Waals surface area contributed by atoms with Crippen molar-refractivity contribution in [2.24, 2.45) is 10.4 Å². The Kier molecular flexibility index (Phi) is 4.07. The van der Waals surface area contributed by atoms with E-state index in [0.717, 1.165) is 12.1 Å². The van der Waals surface area contributed by atoms with Crippen LogP contribution in [0, 0.1) is 5.41 Å². The Morgan fingerprint density at radius 2 is 2.10 bits per heavy atom. The molecule has 0 aliphatic heterocycles. The summed E-state index contributed by atoms with van der Waals surface area (Å²) in [5.74, 6) is 0.0955. The van der Waals surface area contributed by atoms with E-state index in [-0.39, 0.29) is 11.2 Å². The van der Waals surface area contributed by atoms with Gasteiger partial charge >= 0.3 is 0 Å². The number of hydrogen-bond acceptors (Lipinski definition) is 4. The summed E-state index contributed by atoms with van der Waals surface area (Å²) in [5, 5.41) is 3.64. The monoisotopic (exact) mass is 290 g/mol. The number of allylic oxidation sites excluding steroid dienone is 2. The number of hydrogen-bond donors (Lipinski definition) is 1. The largest absolute Gasteiger partial charge is 0.357 e. The van der Waals surface area contributed by atoms with Crippen LogP contribution < -0.4 is 5.32 Å². The number of halogens is 1. The minimum atomic E-state index is -0.0747. The third-order valence-corrected chi connectivity index (χ3v) is 3.31. The van der Waals surface area contributed by atoms with Crippen LogP contribution in [0.15, 0.2) is 35.0 Å². The predicted octanol–water partition coefficient (Wildman–Crippen LogP) is 3.99. The number of anilines is 1. The lowest BCUT2D eigenvalue weighted by Gasteiger charge is -2.29. The molecule has 0 bridgehead atoms. The van der Waals surface area contributed by atoms with Gasteiger partial charge in [0.25, 0.3) is 0 Å². The molecule has 0 fully saturated rings. The maximum absolute atomic E-state index is 11.7. The van der Waals surface area contributed by atoms with E-state index in [4.69, 9.17) is 11.6 Å². The van der Waals surface area contributed by atoms with Gasteiger partial charge in [0.15, 0.2) is 5.78 Å². The summed E-state index contributed by atoms with van der Waals surface area (Å²) in [6.07, 6.45) is 4.40. The summed E-state index contributed by atoms with van der Waals surface area (Å²) in [6, 6.07) is 5.00. The van der Waals surface area contributed by atoms with Crippen molar-refractivity contribution in [2.75, 3.05) is 5.32 Å². The molecule has 2 rings (SSSR count). The molecular formula is C15H15ClN2O2. The number of rotatable bonds is 3. The number of nitrogens with one attached hydrogen (secondary N) is 1. The van der Waals surface area contributed by atoms with Crippen molar-refractivity contribution in [2.45, 2.75) is 26.7 Å². The number of benzene rings is 1. The molecule has 0 saturated heterocycles. The fourth-order valence-electron chi connectivity index (χ4n) is 2.35. The summed E-state index contributed by atoms with van der Waals surface area (Å²) in [5.41, 5.74) is 1.78. The van der Waals surface area contributed by atoms with Crippen LogP contribution in [-0.4, -0.2) is 11.9 Å². The lowest BCUT2D eigenvalue weighted by atomic mass is 9.79. The lowest BCUT2D eigenvalue weighted by molar-refractivity contribution is -0.117. The van der Waals surface area contributed by atoms with E-state index in [2.05, 4.69) is 10.3 Å². The van der Waals surface area contributed by atoms with Crippen molar-refractivity contribution >= 4 is 34.8 Å². The summed E-state index contributed by atoms with van der Waals surface area (Å²) in [6.45, 7) is 4.10. The van der Waals surface area contributed by atoms with Gasteiger partial charge in [-0.2, -0.15) is 4.99 Å². The van der Waals surface area contributed by atoms with Gasteiger partial charge in [0.05, 0.1) is 5.69 Å². The molecule has 104 valence electrons. The molecule has 0 unspecified atom stereocenters. The number of carbonyl (C=O) groups excluding carboxylic acids is 2. The molecule has 0 atom stereocenters. The Hall–Kier alpha value is -1.90. The first-order chi connectivity index (χ1) is 9.39. The summed E-state index contributed by atoms with van der Waals surface area (Å²) >= 11 is 5.88. The molecule has 1 aromatic carbocycles. The molecule has 0 saturated carbocycles. The Balaban J connectivity index is 2.30. The van der Waals surface area contributed by atoms with Crippen LogP contribution in [-0.2, 0) is 9.59 Å². The van der Waals surface area contributed by atoms with E-state index in [9.17, 15) is 9.59 Å². The van der Waals surface area contributed by atoms with Gasteiger partial charge in [-0.1, -0.05) is 25.4 Å². The van der Waals surface area contributed by atoms with E-state index in [1.54, 1.807) is 24.3 Å². The molecular weight excluding hydrogens is 276 g/mol. The molecule has 1 N–H and O–H groups in total. The highest BCUT2D eigenvalue weighted by atomic mass is 35.5. The third kappa shape index (κ3) is 3.56. The molecule has 1 aliphatic rings. The molecule has 0 amide bonds. The molecule has 4 nitrogen and oxygen atoms in total. The average molecular weight is 291 g/mol. The molecule has 5 heteroatoms. The van der Waals surface area contributed by atoms with Crippen LogP contribution in [0.3, 0.4) is 0 Å². The quantitative estimate of drug-likeness (QED) is 0.676. The molecule has 20 heavy (non-hydrogen) atoms. The lowest BCUT2D eigenvalue weighted by Crippen LogP contribution is -2.24. The van der Waals surface area contributed by atoms with Crippen molar-refractivity contribution in [1.29, 1.82) is 0 Å². The van der Waals surface area contributed by atoms with Crippen molar-refractivity contribution in [1.82, 2.24) is 0 Å². The van der Waals surface area contributed by atoms with Gasteiger partial charge in [0.1, 0.15) is 5.69 Å². The number of aliphatic imine (C=N–C) groups is 1. The van der Waals surface area contributed by atoms with Gasteiger partial charge in [0, 0.05) is 23.2 Å². The third-order valence-electron chi connectivity index (χ3n) is 3.08. The fraction of sp³-hybridized carbons (Fsp3) is 0.333. The molecule has 1 aliphatic carbocycles. The summed E-state index contributed by atoms with van der Waals surface area (Å²) < 4.78 is 0. The highest BCUT2D eigenvalue weighted by Crippen LogP contribution is 2.36. The average Bonchev–Trinajstić information content (AvgIpc) is 2.30. The summed E-state index contributed by atoms with van der Waals surface area (Å²) in [4.78, 5) is 25.8. The SMILES string of the molecule is CC1(C)CC(=O)C=C(Nc2ccc(Cl)cc2N=C=O)C1. The van der Waals surface area contributed by atoms with Crippen LogP contribution in [0.4, 0.5) is 11.4 Å². The smallest absolute Gasteiger partial charge is 0.240 e. The zero-order valence-electron chi connectivity index (χ0n) is 11.4. The van der Waals surface area contributed by atoms with Crippen molar-refractivity contribution in [3.05, 3.63) is 35.0 Å². The van der Waals surface area contributed by atoms with Crippen LogP contribution in [0.2, 0.25) is 5.02 Å². The molecule has 0 radical (unpaired) electrons. The Bertz CT molecular complexity index is 629. The van der Waals surface area contributed by atoms with Crippen molar-refractivity contribution in [3.8, 4) is 0 Å². The van der Waals surface area contributed by atoms with Gasteiger partial charge in [-0.25, -0.2) is 4.79 Å². The van der Waals surface area contributed by atoms with Gasteiger partial charge in [0.2, 0.25) is 6.08 Å². The number of carbonyl (C=O) groups is 1. The number of ketones is 1. The van der Waals surface area contributed by atoms with Crippen molar-refractivity contribution < 1.29 is 9.59 Å². The first-order valence-corrected chi connectivity index (χ1v) is 6.65. The Morgan fingerprint density at radius 1 is 1.35 bits per heavy atom. The molecule has 0 spiro atoms. The minimum Gasteiger partial charge on any atom is -0.357 e. The second kappa shape index (κ2) is 5.61. The summed E-state index contributed by atoms with van der Waals surface area (Å²) in [7, 11) is 0. The molecule has 0 aromatic heterocycles. The first kappa shape index (κ1) is 14.5. The molecule has 0 heterocycles. The van der Waals surface area contributed by atoms with Gasteiger partial charge in [-0.15, -0.1) is 0 Å². The highest BCUT2D eigenvalue weighted by molar-refractivity contribution is 6.31. The number of nitrogens with zero attached hydrogens (tertiary/aromatic N) is 1. The van der Waals surface area contributed by atoms with Gasteiger partial charge < -0.3 is 5.32 Å². The van der Waals surface area contributed by atoms with Crippen LogP contribution in [0.1, 0.15) is 26.7 Å². The van der Waals surface area contributed by atoms with Crippen LogP contribution >= 0.6 is 11.6 Å². The molecule has 1 aromatic rings. The van der Waals surface area contributed by atoms with Crippen LogP contribution in [0.25, 0.3) is 0 Å². The Morgan fingerprint density at radius 3 is 2.75 bits per heavy atom. The van der Waals surface area contributed by atoms with E-state index in [0.29, 0.717) is 22.8 Å².